The Balaban J connectivity index is 2.73. The third kappa shape index (κ3) is 1.57. The number of carboxylic acid groups (broad SMARTS) is 1. The fraction of sp³-hybridized carbons (Fsp3) is 0.750. The van der Waals surface area contributed by atoms with Gasteiger partial charge >= 0.3 is 5.97 Å². The first kappa shape index (κ1) is 9.03. The number of aliphatic carboxylic acids is 1. The highest BCUT2D eigenvalue weighted by atomic mass is 16.4. The van der Waals surface area contributed by atoms with Crippen LogP contribution in [0.3, 0.4) is 0 Å². The molecule has 1 heterocycles. The second-order valence-corrected chi connectivity index (χ2v) is 3.40. The van der Waals surface area contributed by atoms with Gasteiger partial charge in [-0.3, -0.25) is 4.79 Å². The zero-order chi connectivity index (χ0) is 9.30. The summed E-state index contributed by atoms with van der Waals surface area (Å²) in [4.78, 5) is 23.2. The van der Waals surface area contributed by atoms with Gasteiger partial charge < -0.3 is 10.0 Å². The number of likely N-dealkylation sites (tertiary alicyclic amines) is 1. The third-order valence-electron chi connectivity index (χ3n) is 2.29. The highest BCUT2D eigenvalue weighted by Crippen LogP contribution is 2.21. The van der Waals surface area contributed by atoms with Gasteiger partial charge in [-0.25, -0.2) is 4.79 Å². The summed E-state index contributed by atoms with van der Waals surface area (Å²) < 4.78 is 0. The van der Waals surface area contributed by atoms with Gasteiger partial charge in [-0.15, -0.1) is 0 Å². The molecule has 1 rings (SSSR count). The normalized spacial score (nSPS) is 30.5. The molecule has 1 aliphatic rings. The maximum Gasteiger partial charge on any atom is 0.326 e. The number of carbonyl (C=O) groups is 2. The van der Waals surface area contributed by atoms with Crippen molar-refractivity contribution in [2.24, 2.45) is 5.92 Å². The average Bonchev–Trinajstić information content (AvgIpc) is 1.96. The predicted octanol–water partition coefficient (Wildman–Crippen LogP) is 0.328. The lowest BCUT2D eigenvalue weighted by molar-refractivity contribution is -0.153. The lowest BCUT2D eigenvalue weighted by atomic mass is 9.92. The Morgan fingerprint density at radius 3 is 2.75 bits per heavy atom. The minimum absolute atomic E-state index is 0.0684. The smallest absolute Gasteiger partial charge is 0.326 e. The van der Waals surface area contributed by atoms with Gasteiger partial charge in [0, 0.05) is 13.5 Å². The topological polar surface area (TPSA) is 57.6 Å². The van der Waals surface area contributed by atoms with Gasteiger partial charge in [0.25, 0.3) is 0 Å². The zero-order valence-electron chi connectivity index (χ0n) is 7.28. The molecule has 1 fully saturated rings. The summed E-state index contributed by atoms with van der Waals surface area (Å²) in [6.07, 6.45) is 1.04. The van der Waals surface area contributed by atoms with E-state index in [1.165, 1.54) is 4.90 Å². The van der Waals surface area contributed by atoms with Crippen LogP contribution < -0.4 is 0 Å². The van der Waals surface area contributed by atoms with E-state index < -0.39 is 12.0 Å². The minimum Gasteiger partial charge on any atom is -0.480 e. The monoisotopic (exact) mass is 171 g/mol. The Kier molecular flexibility index (Phi) is 2.35. The summed E-state index contributed by atoms with van der Waals surface area (Å²) in [5.41, 5.74) is 0. The highest BCUT2D eigenvalue weighted by Gasteiger charge is 2.33. The van der Waals surface area contributed by atoms with Crippen LogP contribution in [0.25, 0.3) is 0 Å². The standard InChI is InChI=1S/C8H13NO3/c1-5-3-6(8(11)12)9(2)7(10)4-5/h5-6H,3-4H2,1-2H3,(H,11,12). The molecule has 0 radical (unpaired) electrons. The molecular weight excluding hydrogens is 158 g/mol. The third-order valence-corrected chi connectivity index (χ3v) is 2.29. The first-order valence-corrected chi connectivity index (χ1v) is 4.01. The van der Waals surface area contributed by atoms with Crippen LogP contribution in [0.5, 0.6) is 0 Å². The van der Waals surface area contributed by atoms with E-state index in [1.807, 2.05) is 6.92 Å². The summed E-state index contributed by atoms with van der Waals surface area (Å²) in [6.45, 7) is 1.90. The molecule has 0 aromatic rings. The molecule has 0 saturated carbocycles. The number of amides is 1. The Bertz CT molecular complexity index is 214. The SMILES string of the molecule is CC1CC(=O)N(C)C(C(=O)O)C1. The lowest BCUT2D eigenvalue weighted by Gasteiger charge is -2.32. The molecule has 12 heavy (non-hydrogen) atoms. The maximum absolute atomic E-state index is 11.2. The van der Waals surface area contributed by atoms with Gasteiger partial charge in [0.1, 0.15) is 6.04 Å². The van der Waals surface area contributed by atoms with E-state index in [9.17, 15) is 9.59 Å². The highest BCUT2D eigenvalue weighted by molar-refractivity contribution is 5.84. The summed E-state index contributed by atoms with van der Waals surface area (Å²) in [5, 5.41) is 8.75. The number of piperidine rings is 1. The maximum atomic E-state index is 11.2. The van der Waals surface area contributed by atoms with Gasteiger partial charge in [0.05, 0.1) is 0 Å². The van der Waals surface area contributed by atoms with Crippen LogP contribution in [0.4, 0.5) is 0 Å². The Morgan fingerprint density at radius 2 is 2.25 bits per heavy atom. The van der Waals surface area contributed by atoms with Crippen molar-refractivity contribution >= 4 is 11.9 Å². The van der Waals surface area contributed by atoms with Crippen molar-refractivity contribution < 1.29 is 14.7 Å². The van der Waals surface area contributed by atoms with E-state index >= 15 is 0 Å². The molecule has 4 nitrogen and oxygen atoms in total. The Morgan fingerprint density at radius 1 is 1.67 bits per heavy atom. The van der Waals surface area contributed by atoms with Crippen LogP contribution in [-0.2, 0) is 9.59 Å². The molecule has 2 atom stereocenters. The second-order valence-electron chi connectivity index (χ2n) is 3.40. The quantitative estimate of drug-likeness (QED) is 0.618. The molecule has 1 saturated heterocycles. The van der Waals surface area contributed by atoms with Gasteiger partial charge in [0.15, 0.2) is 0 Å². The number of carboxylic acids is 1. The molecule has 2 unspecified atom stereocenters. The van der Waals surface area contributed by atoms with Crippen molar-refractivity contribution in [2.45, 2.75) is 25.8 Å². The average molecular weight is 171 g/mol. The molecule has 0 spiro atoms. The first-order valence-electron chi connectivity index (χ1n) is 4.01. The Labute approximate surface area is 71.2 Å². The van der Waals surface area contributed by atoms with Crippen LogP contribution in [-0.4, -0.2) is 35.0 Å². The number of rotatable bonds is 1. The molecule has 0 aliphatic carbocycles. The molecule has 4 heteroatoms. The number of hydrogen-bond acceptors (Lipinski definition) is 2. The number of nitrogens with zero attached hydrogens (tertiary/aromatic N) is 1. The summed E-state index contributed by atoms with van der Waals surface area (Å²) in [5.74, 6) is -0.784. The van der Waals surface area contributed by atoms with Gasteiger partial charge in [-0.1, -0.05) is 6.92 Å². The molecule has 1 aliphatic heterocycles. The van der Waals surface area contributed by atoms with Gasteiger partial charge in [-0.05, 0) is 12.3 Å². The van der Waals surface area contributed by atoms with Crippen LogP contribution >= 0.6 is 0 Å². The molecule has 68 valence electrons. The van der Waals surface area contributed by atoms with E-state index in [0.717, 1.165) is 0 Å². The first-order chi connectivity index (χ1) is 5.52. The lowest BCUT2D eigenvalue weighted by Crippen LogP contribution is -2.47. The summed E-state index contributed by atoms with van der Waals surface area (Å²) in [6, 6.07) is -0.624. The Hall–Kier alpha value is -1.06. The van der Waals surface area contributed by atoms with E-state index in [1.54, 1.807) is 7.05 Å². The van der Waals surface area contributed by atoms with Crippen LogP contribution in [0.1, 0.15) is 19.8 Å². The van der Waals surface area contributed by atoms with E-state index in [0.29, 0.717) is 12.8 Å². The molecular formula is C8H13NO3. The largest absolute Gasteiger partial charge is 0.480 e. The summed E-state index contributed by atoms with van der Waals surface area (Å²) >= 11 is 0. The van der Waals surface area contributed by atoms with Gasteiger partial charge in [0.2, 0.25) is 5.91 Å². The summed E-state index contributed by atoms with van der Waals surface area (Å²) in [7, 11) is 1.55. The molecule has 0 bridgehead atoms. The number of likely N-dealkylation sites (N-methyl/N-ethyl adjacent to an activating group) is 1. The number of carbonyl (C=O) groups excluding carboxylic acids is 1. The fourth-order valence-electron chi connectivity index (χ4n) is 1.50. The van der Waals surface area contributed by atoms with Crippen LogP contribution in [0.2, 0.25) is 0 Å². The van der Waals surface area contributed by atoms with Crippen molar-refractivity contribution in [2.75, 3.05) is 7.05 Å². The van der Waals surface area contributed by atoms with Crippen LogP contribution in [0.15, 0.2) is 0 Å². The van der Waals surface area contributed by atoms with Gasteiger partial charge in [-0.2, -0.15) is 0 Å². The zero-order valence-corrected chi connectivity index (χ0v) is 7.28. The van der Waals surface area contributed by atoms with Crippen molar-refractivity contribution in [1.29, 1.82) is 0 Å². The molecule has 1 amide bonds. The van der Waals surface area contributed by atoms with E-state index in [2.05, 4.69) is 0 Å². The fourth-order valence-corrected chi connectivity index (χ4v) is 1.50. The van der Waals surface area contributed by atoms with Crippen molar-refractivity contribution in [3.05, 3.63) is 0 Å². The number of hydrogen-bond donors (Lipinski definition) is 1. The van der Waals surface area contributed by atoms with Crippen LogP contribution in [0, 0.1) is 5.92 Å². The predicted molar refractivity (Wildman–Crippen MR) is 42.6 cm³/mol. The van der Waals surface area contributed by atoms with Crippen molar-refractivity contribution in [1.82, 2.24) is 4.90 Å². The minimum atomic E-state index is -0.905. The van der Waals surface area contributed by atoms with E-state index in [-0.39, 0.29) is 11.8 Å². The molecule has 0 aromatic carbocycles. The van der Waals surface area contributed by atoms with E-state index in [4.69, 9.17) is 5.11 Å². The van der Waals surface area contributed by atoms with Crippen molar-refractivity contribution in [3.8, 4) is 0 Å². The molecule has 0 aromatic heterocycles. The molecule has 1 N–H and O–H groups in total. The second kappa shape index (κ2) is 3.13. The van der Waals surface area contributed by atoms with Crippen molar-refractivity contribution in [3.63, 3.8) is 0 Å².